The van der Waals surface area contributed by atoms with Gasteiger partial charge in [0.25, 0.3) is 6.43 Å². The van der Waals surface area contributed by atoms with Crippen LogP contribution < -0.4 is 0 Å². The van der Waals surface area contributed by atoms with E-state index in [2.05, 4.69) is 19.6 Å². The van der Waals surface area contributed by atoms with Gasteiger partial charge in [-0.25, -0.2) is 8.78 Å². The van der Waals surface area contributed by atoms with Crippen LogP contribution in [0.5, 0.6) is 0 Å². The highest BCUT2D eigenvalue weighted by atomic mass is 32.1. The second kappa shape index (κ2) is 12.9. The highest BCUT2D eigenvalue weighted by molar-refractivity contribution is 7.96. The lowest BCUT2D eigenvalue weighted by atomic mass is 9.69. The lowest BCUT2D eigenvalue weighted by Crippen LogP contribution is -2.34. The topological polar surface area (TPSA) is 17.1 Å². The summed E-state index contributed by atoms with van der Waals surface area (Å²) in [6.07, 6.45) is 18.9. The smallest absolute Gasteiger partial charge is 0.255 e. The molecule has 0 aliphatic heterocycles. The van der Waals surface area contributed by atoms with E-state index in [4.69, 9.17) is 0 Å². The van der Waals surface area contributed by atoms with Crippen molar-refractivity contribution in [2.75, 3.05) is 0 Å². The second-order valence-electron chi connectivity index (χ2n) is 10.0. The summed E-state index contributed by atoms with van der Waals surface area (Å²) in [4.78, 5) is 11.6. The number of hydrogen-bond donors (Lipinski definition) is 1. The average Bonchev–Trinajstić information content (AvgIpc) is 2.84. The summed E-state index contributed by atoms with van der Waals surface area (Å²) in [5.41, 5.74) is 0.274. The number of rotatable bonds is 12. The highest BCUT2D eigenvalue weighted by Gasteiger charge is 2.41. The fourth-order valence-electron chi connectivity index (χ4n) is 5.65. The average molecular weight is 475 g/mol. The van der Waals surface area contributed by atoms with Crippen molar-refractivity contribution >= 4 is 17.7 Å². The van der Waals surface area contributed by atoms with Crippen LogP contribution in [0.3, 0.4) is 0 Å². The van der Waals surface area contributed by atoms with Crippen molar-refractivity contribution in [3.63, 3.8) is 0 Å². The van der Waals surface area contributed by atoms with Gasteiger partial charge in [0.05, 0.1) is 11.3 Å². The molecule has 0 aromatic heterocycles. The molecule has 0 radical (unpaired) electrons. The van der Waals surface area contributed by atoms with Crippen molar-refractivity contribution in [2.24, 2.45) is 11.8 Å². The van der Waals surface area contributed by atoms with Crippen molar-refractivity contribution < 1.29 is 13.6 Å². The number of unbranched alkanes of at least 4 members (excludes halogenated alkanes) is 6. The molecule has 33 heavy (non-hydrogen) atoms. The number of carbonyl (C=O) groups excluding carboxylic acids is 1. The Bertz CT molecular complexity index is 794. The third kappa shape index (κ3) is 6.81. The molecule has 0 N–H and O–H groups in total. The molecule has 0 bridgehead atoms. The Morgan fingerprint density at radius 2 is 1.58 bits per heavy atom. The molecule has 0 atom stereocenters. The summed E-state index contributed by atoms with van der Waals surface area (Å²) in [5, 5.41) is -0.321. The molecule has 0 heterocycles. The van der Waals surface area contributed by atoms with E-state index in [0.717, 1.165) is 24.3 Å². The number of benzene rings is 1. The van der Waals surface area contributed by atoms with E-state index in [1.165, 1.54) is 76.4 Å². The van der Waals surface area contributed by atoms with Crippen molar-refractivity contribution in [3.8, 4) is 0 Å². The van der Waals surface area contributed by atoms with E-state index in [1.54, 1.807) is 12.2 Å². The zero-order valence-electron chi connectivity index (χ0n) is 20.0. The van der Waals surface area contributed by atoms with Gasteiger partial charge in [-0.3, -0.25) is 4.79 Å². The summed E-state index contributed by atoms with van der Waals surface area (Å²) in [5.74, 6) is 0.576. The summed E-state index contributed by atoms with van der Waals surface area (Å²) < 4.78 is 28.9. The minimum absolute atomic E-state index is 0.321. The largest absolute Gasteiger partial charge is 0.286 e. The summed E-state index contributed by atoms with van der Waals surface area (Å²) in [6.45, 7) is 2.26. The summed E-state index contributed by atoms with van der Waals surface area (Å²) in [6, 6.07) is 7.72. The van der Waals surface area contributed by atoms with Gasteiger partial charge in [-0.2, -0.15) is 0 Å². The van der Waals surface area contributed by atoms with Crippen LogP contribution in [0.25, 0.3) is 0 Å². The van der Waals surface area contributed by atoms with Crippen LogP contribution in [0.2, 0.25) is 0 Å². The van der Waals surface area contributed by atoms with Crippen molar-refractivity contribution in [3.05, 3.63) is 59.7 Å². The first-order valence-electron chi connectivity index (χ1n) is 13.0. The Hall–Kier alpha value is -1.42. The number of alkyl halides is 2. The van der Waals surface area contributed by atoms with E-state index >= 15 is 0 Å². The molecule has 2 aliphatic rings. The van der Waals surface area contributed by atoms with Crippen molar-refractivity contribution in [1.82, 2.24) is 0 Å². The van der Waals surface area contributed by atoms with Gasteiger partial charge in [0.1, 0.15) is 0 Å². The maximum absolute atomic E-state index is 14.5. The molecule has 0 spiro atoms. The van der Waals surface area contributed by atoms with E-state index in [9.17, 15) is 13.6 Å². The third-order valence-corrected chi connectivity index (χ3v) is 8.03. The number of halogens is 2. The molecule has 1 aromatic carbocycles. The highest BCUT2D eigenvalue weighted by Crippen LogP contribution is 2.45. The predicted molar refractivity (Wildman–Crippen MR) is 137 cm³/mol. The Balaban J connectivity index is 1.61. The zero-order valence-corrected chi connectivity index (χ0v) is 20.9. The molecule has 1 fully saturated rings. The lowest BCUT2D eigenvalue weighted by Gasteiger charge is -2.36. The quantitative estimate of drug-likeness (QED) is 0.182. The van der Waals surface area contributed by atoms with E-state index in [1.807, 2.05) is 24.3 Å². The first-order valence-corrected chi connectivity index (χ1v) is 13.4. The van der Waals surface area contributed by atoms with Crippen LogP contribution in [-0.2, 0) is 10.2 Å². The molecule has 1 nitrogen and oxygen atoms in total. The number of carbonyl (C=O) groups is 1. The molecule has 2 aliphatic carbocycles. The molecule has 4 heteroatoms. The van der Waals surface area contributed by atoms with Gasteiger partial charge in [0, 0.05) is 0 Å². The van der Waals surface area contributed by atoms with E-state index in [0.29, 0.717) is 11.5 Å². The van der Waals surface area contributed by atoms with Gasteiger partial charge < -0.3 is 0 Å². The first kappa shape index (κ1) is 26.2. The number of allylic oxidation sites excluding steroid dienone is 4. The molecule has 0 unspecified atom stereocenters. The van der Waals surface area contributed by atoms with E-state index in [-0.39, 0.29) is 5.12 Å². The number of thiol groups is 1. The Morgan fingerprint density at radius 1 is 0.970 bits per heavy atom. The van der Waals surface area contributed by atoms with Crippen LogP contribution in [0.15, 0.2) is 48.6 Å². The van der Waals surface area contributed by atoms with Gasteiger partial charge in [-0.15, -0.1) is 12.6 Å². The van der Waals surface area contributed by atoms with Crippen LogP contribution in [0.4, 0.5) is 8.78 Å². The Morgan fingerprint density at radius 3 is 2.18 bits per heavy atom. The Kier molecular flexibility index (Phi) is 10.2. The van der Waals surface area contributed by atoms with Gasteiger partial charge in [0.15, 0.2) is 5.12 Å². The molecule has 3 rings (SSSR count). The maximum atomic E-state index is 14.5. The molecule has 1 saturated carbocycles. The van der Waals surface area contributed by atoms with Gasteiger partial charge in [-0.1, -0.05) is 107 Å². The van der Waals surface area contributed by atoms with Crippen LogP contribution in [-0.4, -0.2) is 11.5 Å². The summed E-state index contributed by atoms with van der Waals surface area (Å²) in [7, 11) is 0. The van der Waals surface area contributed by atoms with E-state index < -0.39 is 17.8 Å². The second-order valence-corrected chi connectivity index (χ2v) is 10.5. The monoisotopic (exact) mass is 474 g/mol. The normalized spacial score (nSPS) is 27.2. The standard InChI is InChI=1S/C29H40F2OS/c1-2-3-4-5-6-7-8-11-22-14-16-23(17-15-22)25-12-9-10-13-26(25)29(28(30)31)20-18-24(19-21-29)27(32)33/h9-10,12-13,18-24,28H,2-8,11,14-17H2,1H3,(H,32,33)/t22-,23-,24?,29?. The van der Waals surface area contributed by atoms with Gasteiger partial charge in [-0.05, 0) is 48.6 Å². The van der Waals surface area contributed by atoms with Gasteiger partial charge in [0.2, 0.25) is 0 Å². The number of hydrogen-bond acceptors (Lipinski definition) is 1. The first-order chi connectivity index (χ1) is 16.0. The predicted octanol–water partition coefficient (Wildman–Crippen LogP) is 8.80. The molecule has 0 amide bonds. The van der Waals surface area contributed by atoms with Crippen LogP contribution >= 0.6 is 12.6 Å². The molecule has 0 saturated heterocycles. The van der Waals surface area contributed by atoms with Crippen LogP contribution in [0, 0.1) is 11.8 Å². The fourth-order valence-corrected chi connectivity index (χ4v) is 5.82. The molecular formula is C29H40F2OS. The maximum Gasteiger partial charge on any atom is 0.255 e. The Labute approximate surface area is 204 Å². The zero-order chi connectivity index (χ0) is 23.7. The fraction of sp³-hybridized carbons (Fsp3) is 0.621. The minimum Gasteiger partial charge on any atom is -0.286 e. The summed E-state index contributed by atoms with van der Waals surface area (Å²) >= 11 is 3.87. The molecule has 182 valence electrons. The lowest BCUT2D eigenvalue weighted by molar-refractivity contribution is -0.112. The van der Waals surface area contributed by atoms with Gasteiger partial charge >= 0.3 is 0 Å². The van der Waals surface area contributed by atoms with Crippen molar-refractivity contribution in [2.45, 2.75) is 102 Å². The van der Waals surface area contributed by atoms with Crippen molar-refractivity contribution in [1.29, 1.82) is 0 Å². The van der Waals surface area contributed by atoms with Crippen LogP contribution in [0.1, 0.15) is 101 Å². The third-order valence-electron chi connectivity index (χ3n) is 7.73. The SMILES string of the molecule is CCCCCCCCC[C@H]1CC[C@H](c2ccccc2C2(C(F)F)C=CC(C(=O)S)C=C2)CC1. The molecular weight excluding hydrogens is 434 g/mol. The minimum atomic E-state index is -2.57. The molecule has 1 aromatic rings.